The van der Waals surface area contributed by atoms with Crippen molar-refractivity contribution in [3.8, 4) is 17.6 Å². The fourth-order valence-corrected chi connectivity index (χ4v) is 10.6. The molecule has 6 unspecified atom stereocenters. The van der Waals surface area contributed by atoms with Gasteiger partial charge in [-0.3, -0.25) is 29.3 Å². The Labute approximate surface area is 518 Å². The summed E-state index contributed by atoms with van der Waals surface area (Å²) in [5.41, 5.74) is 2.95. The van der Waals surface area contributed by atoms with Crippen molar-refractivity contribution in [2.45, 2.75) is 162 Å². The highest BCUT2D eigenvalue weighted by Gasteiger charge is 2.49. The minimum Gasteiger partial charge on any atom is -0.479 e. The third-order valence-electron chi connectivity index (χ3n) is 15.7. The zero-order valence-electron chi connectivity index (χ0n) is 52.1. The number of aliphatic hydroxyl groups is 3. The van der Waals surface area contributed by atoms with E-state index in [4.69, 9.17) is 14.2 Å². The van der Waals surface area contributed by atoms with Crippen LogP contribution in [0.2, 0.25) is 0 Å². The average Bonchev–Trinajstić information content (AvgIpc) is 2.01. The van der Waals surface area contributed by atoms with Crippen LogP contribution in [0.15, 0.2) is 96.6 Å². The number of rotatable bonds is 25. The Kier molecular flexibility index (Phi) is 23.8. The molecule has 1 saturated heterocycles. The number of para-hydroxylation sites is 1. The second-order valence-electron chi connectivity index (χ2n) is 24.3. The number of aliphatic carboxylic acids is 2. The van der Waals surface area contributed by atoms with E-state index in [0.717, 1.165) is 16.7 Å². The minimum absolute atomic E-state index is 0.0579. The van der Waals surface area contributed by atoms with Gasteiger partial charge in [-0.15, -0.1) is 0 Å². The molecule has 10 N–H and O–H groups in total. The lowest BCUT2D eigenvalue weighted by Crippen LogP contribution is -2.61. The molecule has 0 aliphatic carbocycles. The highest BCUT2D eigenvalue weighted by molar-refractivity contribution is 5.96. The Balaban J connectivity index is 1.09. The molecule has 0 aromatic heterocycles. The number of aliphatic hydroxyl groups excluding tert-OH is 3. The van der Waals surface area contributed by atoms with Crippen molar-refractivity contribution >= 4 is 64.6 Å². The maximum atomic E-state index is 14.3. The first kappa shape index (κ1) is 69.4. The van der Waals surface area contributed by atoms with Crippen LogP contribution in [0.25, 0.3) is 0 Å². The Morgan fingerprint density at radius 2 is 1.46 bits per heavy atom. The Hall–Kier alpha value is -8.66. The molecule has 23 nitrogen and oxygen atoms in total. The number of amides is 6. The van der Waals surface area contributed by atoms with Crippen molar-refractivity contribution in [1.29, 1.82) is 0 Å². The molecule has 8 atom stereocenters. The SMILES string of the molecule is CNC(C(=O)N[C@H](C(=O)N(C)[C@H](/C=C(\C)C(=O)O)C(C)C)C(C)(C)C)C(C)(C)c1cccc(NC(=O)OCc2cc(C)c(OC3OC(C(=O)O)C(O)C(O)C3O)c(NC(=O)CCNC(=O)CCCCC(=O)N3Cc4ccccc4C#Cc4ccccc43)c2)c1. The number of aryl methyl sites for hydroxylation is 1. The summed E-state index contributed by atoms with van der Waals surface area (Å²) in [4.78, 5) is 109. The third kappa shape index (κ3) is 18.0. The van der Waals surface area contributed by atoms with Gasteiger partial charge >= 0.3 is 18.0 Å². The summed E-state index contributed by atoms with van der Waals surface area (Å²) in [6.07, 6.45) is -8.40. The van der Waals surface area contributed by atoms with E-state index in [-0.39, 0.29) is 72.7 Å². The Morgan fingerprint density at radius 3 is 2.12 bits per heavy atom. The molecule has 2 aliphatic rings. The summed E-state index contributed by atoms with van der Waals surface area (Å²) in [5.74, 6) is 1.33. The first-order chi connectivity index (χ1) is 41.9. The van der Waals surface area contributed by atoms with Crippen LogP contribution in [0.5, 0.6) is 5.75 Å². The second-order valence-corrected chi connectivity index (χ2v) is 24.3. The van der Waals surface area contributed by atoms with Crippen molar-refractivity contribution < 1.29 is 78.1 Å². The lowest BCUT2D eigenvalue weighted by Gasteiger charge is -2.40. The zero-order chi connectivity index (χ0) is 65.7. The van der Waals surface area contributed by atoms with Gasteiger partial charge in [0.25, 0.3) is 0 Å². The van der Waals surface area contributed by atoms with E-state index < -0.39 is 95.4 Å². The smallest absolute Gasteiger partial charge is 0.411 e. The summed E-state index contributed by atoms with van der Waals surface area (Å²) < 4.78 is 17.0. The zero-order valence-corrected chi connectivity index (χ0v) is 52.1. The molecule has 0 bridgehead atoms. The number of unbranched alkanes of at least 4 members (excludes halogenated alkanes) is 1. The number of carboxylic acids is 2. The van der Waals surface area contributed by atoms with Gasteiger partial charge in [-0.05, 0) is 110 Å². The van der Waals surface area contributed by atoms with E-state index >= 15 is 0 Å². The van der Waals surface area contributed by atoms with E-state index in [1.54, 1.807) is 43.3 Å². The summed E-state index contributed by atoms with van der Waals surface area (Å²) in [6.45, 7) is 15.7. The molecule has 2 aliphatic heterocycles. The van der Waals surface area contributed by atoms with E-state index in [9.17, 15) is 63.9 Å². The number of carbonyl (C=O) groups excluding carboxylic acids is 6. The van der Waals surface area contributed by atoms with Crippen LogP contribution in [0.1, 0.15) is 121 Å². The highest BCUT2D eigenvalue weighted by atomic mass is 16.7. The monoisotopic (exact) mass is 1230 g/mol. The summed E-state index contributed by atoms with van der Waals surface area (Å²) in [7, 11) is 3.19. The lowest BCUT2D eigenvalue weighted by molar-refractivity contribution is -0.271. The van der Waals surface area contributed by atoms with Gasteiger partial charge in [-0.25, -0.2) is 14.4 Å². The fourth-order valence-electron chi connectivity index (χ4n) is 10.6. The molecule has 6 amide bonds. The molecule has 0 radical (unpaired) electrons. The van der Waals surface area contributed by atoms with Crippen LogP contribution >= 0.6 is 0 Å². The number of anilines is 3. The maximum absolute atomic E-state index is 14.3. The van der Waals surface area contributed by atoms with Crippen LogP contribution in [0.3, 0.4) is 0 Å². The van der Waals surface area contributed by atoms with Crippen LogP contribution in [0.4, 0.5) is 21.9 Å². The maximum Gasteiger partial charge on any atom is 0.411 e. The number of likely N-dealkylation sites (N-methyl/N-ethyl adjacent to an activating group) is 2. The molecular formula is C66H83N7O16. The number of benzene rings is 4. The molecule has 6 rings (SSSR count). The van der Waals surface area contributed by atoms with Gasteiger partial charge < -0.3 is 70.8 Å². The summed E-state index contributed by atoms with van der Waals surface area (Å²) in [6, 6.07) is 22.2. The van der Waals surface area contributed by atoms with Crippen molar-refractivity contribution in [2.24, 2.45) is 11.3 Å². The van der Waals surface area contributed by atoms with Gasteiger partial charge in [-0.2, -0.15) is 0 Å². The molecule has 0 spiro atoms. The number of nitrogens with one attached hydrogen (secondary N) is 5. The lowest BCUT2D eigenvalue weighted by atomic mass is 9.76. The van der Waals surface area contributed by atoms with Gasteiger partial charge in [0.1, 0.15) is 36.7 Å². The standard InChI is InChI=1S/C66H83N7O16/c1-37(2)48(32-39(4)61(82)83)72(11)60(81)58(65(5,6)7)71-59(80)57(67-10)66(8,9)44-22-18-23-45(34-44)69-64(86)87-36-40-31-38(3)55(88-63-54(79)52(77)53(78)56(89-63)62(84)85)46(33-40)70-50(75)29-30-68-49(74)25-16-17-26-51(76)73-35-43-21-13-12-19-41(43)27-28-42-20-14-15-24-47(42)73/h12-15,18-24,31-34,37,48,52-54,56-58,63,67,77-79H,16-17,25-26,29-30,35-36H2,1-11H3,(H,68,74)(H,69,86)(H,70,75)(H,71,80)(H,82,83)(H,84,85)/b39-32+/t48-,52?,53?,54?,56?,57?,58-,63?/m1/s1. The normalized spacial score (nSPS) is 18.4. The summed E-state index contributed by atoms with van der Waals surface area (Å²) >= 11 is 0. The molecule has 478 valence electrons. The van der Waals surface area contributed by atoms with Crippen molar-refractivity contribution in [2.75, 3.05) is 36.2 Å². The molecule has 1 fully saturated rings. The van der Waals surface area contributed by atoms with Gasteiger partial charge in [0.2, 0.25) is 35.8 Å². The molecule has 89 heavy (non-hydrogen) atoms. The average molecular weight is 1230 g/mol. The van der Waals surface area contributed by atoms with Gasteiger partial charge in [0.15, 0.2) is 6.10 Å². The molecule has 4 aromatic carbocycles. The number of hydrogen-bond acceptors (Lipinski definition) is 15. The number of ether oxygens (including phenoxy) is 3. The van der Waals surface area contributed by atoms with Gasteiger partial charge in [0, 0.05) is 60.7 Å². The third-order valence-corrected chi connectivity index (χ3v) is 15.7. The first-order valence-electron chi connectivity index (χ1n) is 29.4. The number of hydrogen-bond donors (Lipinski definition) is 10. The van der Waals surface area contributed by atoms with Crippen molar-refractivity contribution in [3.63, 3.8) is 0 Å². The van der Waals surface area contributed by atoms with Crippen LogP contribution in [-0.4, -0.2) is 147 Å². The van der Waals surface area contributed by atoms with Crippen molar-refractivity contribution in [3.05, 3.63) is 130 Å². The quantitative estimate of drug-likeness (QED) is 0.0210. The van der Waals surface area contributed by atoms with Gasteiger partial charge in [0.05, 0.1) is 30.0 Å². The highest BCUT2D eigenvalue weighted by Crippen LogP contribution is 2.36. The minimum atomic E-state index is -2.01. The van der Waals surface area contributed by atoms with Crippen LogP contribution in [0, 0.1) is 30.1 Å². The summed E-state index contributed by atoms with van der Waals surface area (Å²) in [5, 5.41) is 65.1. The molecule has 4 aromatic rings. The van der Waals surface area contributed by atoms with E-state index in [1.165, 1.54) is 37.0 Å². The van der Waals surface area contributed by atoms with Crippen molar-refractivity contribution in [1.82, 2.24) is 20.9 Å². The largest absolute Gasteiger partial charge is 0.479 e. The number of carboxylic acid groups (broad SMARTS) is 2. The predicted octanol–water partition coefficient (Wildman–Crippen LogP) is 5.88. The topological polar surface area (TPSA) is 332 Å². The van der Waals surface area contributed by atoms with E-state index in [1.807, 2.05) is 97.0 Å². The number of carbonyl (C=O) groups is 8. The number of fused-ring (bicyclic) bond motifs is 2. The first-order valence-corrected chi connectivity index (χ1v) is 29.4. The van der Waals surface area contributed by atoms with E-state index in [2.05, 4.69) is 38.4 Å². The Bertz CT molecular complexity index is 3360. The predicted molar refractivity (Wildman–Crippen MR) is 331 cm³/mol. The second kappa shape index (κ2) is 30.5. The van der Waals surface area contributed by atoms with Crippen LogP contribution in [-0.2, 0) is 61.6 Å². The van der Waals surface area contributed by atoms with E-state index in [0.29, 0.717) is 41.9 Å². The fraction of sp³-hybridized carbons (Fsp3) is 0.455. The number of nitrogens with zero attached hydrogens (tertiary/aromatic N) is 2. The molecule has 23 heteroatoms. The molecule has 2 heterocycles. The Morgan fingerprint density at radius 1 is 0.798 bits per heavy atom. The van der Waals surface area contributed by atoms with Crippen LogP contribution < -0.4 is 36.2 Å². The van der Waals surface area contributed by atoms with Gasteiger partial charge in [-0.1, -0.05) is 109 Å². The molecule has 0 saturated carbocycles. The molecular weight excluding hydrogens is 1150 g/mol.